The fraction of sp³-hybridized carbons (Fsp3) is 0.600. The highest BCUT2D eigenvalue weighted by Gasteiger charge is 2.26. The van der Waals surface area contributed by atoms with Gasteiger partial charge in [0.1, 0.15) is 5.69 Å². The maximum atomic E-state index is 12.0. The molecule has 1 aromatic rings. The van der Waals surface area contributed by atoms with Gasteiger partial charge in [0.25, 0.3) is 5.91 Å². The van der Waals surface area contributed by atoms with Crippen LogP contribution in [0.1, 0.15) is 24.3 Å². The van der Waals surface area contributed by atoms with Crippen LogP contribution in [0.2, 0.25) is 0 Å². The fourth-order valence-corrected chi connectivity index (χ4v) is 2.50. The van der Waals surface area contributed by atoms with Crippen LogP contribution in [0.4, 0.5) is 0 Å². The van der Waals surface area contributed by atoms with E-state index in [1.54, 1.807) is 10.9 Å². The van der Waals surface area contributed by atoms with Gasteiger partial charge < -0.3 is 10.2 Å². The van der Waals surface area contributed by atoms with Crippen molar-refractivity contribution in [3.05, 3.63) is 16.6 Å². The lowest BCUT2D eigenvalue weighted by atomic mass is 10.1. The Hall–Kier alpha value is -0.940. The highest BCUT2D eigenvalue weighted by Crippen LogP contribution is 2.10. The molecular weight excluding hydrogens is 210 g/mol. The lowest BCUT2D eigenvalue weighted by Crippen LogP contribution is -2.55. The Labute approximate surface area is 93.3 Å². The Bertz CT molecular complexity index is 328. The van der Waals surface area contributed by atoms with Gasteiger partial charge in [0.2, 0.25) is 0 Å². The summed E-state index contributed by atoms with van der Waals surface area (Å²) in [5.74, 6) is 0.0523. The molecule has 1 fully saturated rings. The third-order valence-electron chi connectivity index (χ3n) is 2.50. The summed E-state index contributed by atoms with van der Waals surface area (Å²) in [5.41, 5.74) is 2.27. The second-order valence-corrected chi connectivity index (χ2v) is 4.77. The van der Waals surface area contributed by atoms with Crippen molar-refractivity contribution in [2.75, 3.05) is 13.1 Å². The average Bonchev–Trinajstić information content (AvgIpc) is 2.67. The van der Waals surface area contributed by atoms with E-state index in [1.165, 1.54) is 11.3 Å². The molecule has 2 unspecified atom stereocenters. The molecule has 82 valence electrons. The Morgan fingerprint density at radius 2 is 2.20 bits per heavy atom. The Balaban J connectivity index is 2.07. The van der Waals surface area contributed by atoms with Gasteiger partial charge in [0.15, 0.2) is 0 Å². The van der Waals surface area contributed by atoms with Crippen LogP contribution in [-0.2, 0) is 0 Å². The zero-order valence-corrected chi connectivity index (χ0v) is 9.75. The Kier molecular flexibility index (Phi) is 3.02. The number of hydrogen-bond donors (Lipinski definition) is 1. The number of aromatic nitrogens is 1. The normalized spacial score (nSPS) is 26.7. The van der Waals surface area contributed by atoms with Crippen molar-refractivity contribution >= 4 is 17.2 Å². The first-order valence-corrected chi connectivity index (χ1v) is 6.04. The number of rotatable bonds is 1. The number of carbonyl (C=O) groups excluding carboxylic acids is 1. The van der Waals surface area contributed by atoms with Gasteiger partial charge in [-0.25, -0.2) is 4.98 Å². The van der Waals surface area contributed by atoms with Gasteiger partial charge in [-0.2, -0.15) is 0 Å². The highest BCUT2D eigenvalue weighted by molar-refractivity contribution is 7.07. The molecule has 15 heavy (non-hydrogen) atoms. The second-order valence-electron chi connectivity index (χ2n) is 4.05. The van der Waals surface area contributed by atoms with Crippen LogP contribution in [-0.4, -0.2) is 41.0 Å². The van der Waals surface area contributed by atoms with Gasteiger partial charge in [-0.1, -0.05) is 0 Å². The Morgan fingerprint density at radius 1 is 1.53 bits per heavy atom. The second kappa shape index (κ2) is 4.28. The maximum absolute atomic E-state index is 12.0. The predicted octanol–water partition coefficient (Wildman–Crippen LogP) is 0.966. The molecule has 4 nitrogen and oxygen atoms in total. The van der Waals surface area contributed by atoms with E-state index in [1.807, 2.05) is 4.90 Å². The molecule has 0 bridgehead atoms. The topological polar surface area (TPSA) is 45.2 Å². The number of amides is 1. The van der Waals surface area contributed by atoms with Crippen LogP contribution in [0.15, 0.2) is 10.9 Å². The summed E-state index contributed by atoms with van der Waals surface area (Å²) in [5, 5.41) is 5.20. The van der Waals surface area contributed by atoms with Gasteiger partial charge in [0, 0.05) is 30.6 Å². The number of nitrogens with zero attached hydrogens (tertiary/aromatic N) is 2. The third kappa shape index (κ3) is 2.35. The maximum Gasteiger partial charge on any atom is 0.273 e. The zero-order valence-electron chi connectivity index (χ0n) is 8.93. The molecule has 1 aliphatic heterocycles. The first-order chi connectivity index (χ1) is 7.16. The summed E-state index contributed by atoms with van der Waals surface area (Å²) >= 11 is 1.46. The summed E-state index contributed by atoms with van der Waals surface area (Å²) < 4.78 is 0. The van der Waals surface area contributed by atoms with Gasteiger partial charge in [0.05, 0.1) is 5.51 Å². The lowest BCUT2D eigenvalue weighted by Gasteiger charge is -2.35. The van der Waals surface area contributed by atoms with Crippen LogP contribution in [0.25, 0.3) is 0 Å². The van der Waals surface area contributed by atoms with Crippen molar-refractivity contribution in [2.24, 2.45) is 0 Å². The highest BCUT2D eigenvalue weighted by atomic mass is 32.1. The Morgan fingerprint density at radius 3 is 2.73 bits per heavy atom. The standard InChI is InChI=1S/C10H15N3OS/c1-7-3-13(4-8(2)12-7)10(14)9-5-15-6-11-9/h5-8,12H,3-4H2,1-2H3. The molecule has 2 heterocycles. The predicted molar refractivity (Wildman–Crippen MR) is 60.1 cm³/mol. The van der Waals surface area contributed by atoms with E-state index in [2.05, 4.69) is 24.1 Å². The van der Waals surface area contributed by atoms with Crippen LogP contribution >= 0.6 is 11.3 Å². The van der Waals surface area contributed by atoms with Crippen molar-refractivity contribution < 1.29 is 4.79 Å². The van der Waals surface area contributed by atoms with Crippen LogP contribution in [0, 0.1) is 0 Å². The molecule has 0 radical (unpaired) electrons. The van der Waals surface area contributed by atoms with Gasteiger partial charge in [-0.3, -0.25) is 4.79 Å². The van der Waals surface area contributed by atoms with E-state index in [4.69, 9.17) is 0 Å². The number of hydrogen-bond acceptors (Lipinski definition) is 4. The number of piperazine rings is 1. The average molecular weight is 225 g/mol. The fourth-order valence-electron chi connectivity index (χ4n) is 1.97. The minimum Gasteiger partial charge on any atom is -0.334 e. The number of carbonyl (C=O) groups is 1. The smallest absolute Gasteiger partial charge is 0.273 e. The molecule has 2 atom stereocenters. The molecule has 2 rings (SSSR count). The molecule has 0 aliphatic carbocycles. The van der Waals surface area contributed by atoms with Crippen LogP contribution in [0.5, 0.6) is 0 Å². The SMILES string of the molecule is CC1CN(C(=O)c2cscn2)CC(C)N1. The number of thiazole rings is 1. The zero-order chi connectivity index (χ0) is 10.8. The number of nitrogens with one attached hydrogen (secondary N) is 1. The lowest BCUT2D eigenvalue weighted by molar-refractivity contribution is 0.0668. The van der Waals surface area contributed by atoms with E-state index < -0.39 is 0 Å². The molecule has 1 amide bonds. The summed E-state index contributed by atoms with van der Waals surface area (Å²) in [6, 6.07) is 0.715. The molecule has 5 heteroatoms. The largest absolute Gasteiger partial charge is 0.334 e. The molecular formula is C10H15N3OS. The van der Waals surface area contributed by atoms with E-state index in [0.29, 0.717) is 17.8 Å². The summed E-state index contributed by atoms with van der Waals surface area (Å²) in [4.78, 5) is 17.9. The first-order valence-electron chi connectivity index (χ1n) is 5.10. The molecule has 0 spiro atoms. The van der Waals surface area contributed by atoms with Gasteiger partial charge in [-0.15, -0.1) is 11.3 Å². The van der Waals surface area contributed by atoms with Crippen LogP contribution in [0.3, 0.4) is 0 Å². The molecule has 1 saturated heterocycles. The van der Waals surface area contributed by atoms with E-state index in [9.17, 15) is 4.79 Å². The van der Waals surface area contributed by atoms with Crippen molar-refractivity contribution in [1.82, 2.24) is 15.2 Å². The van der Waals surface area contributed by atoms with Crippen molar-refractivity contribution in [3.63, 3.8) is 0 Å². The first kappa shape index (κ1) is 10.6. The van der Waals surface area contributed by atoms with Crippen molar-refractivity contribution in [3.8, 4) is 0 Å². The van der Waals surface area contributed by atoms with Crippen molar-refractivity contribution in [2.45, 2.75) is 25.9 Å². The molecule has 1 N–H and O–H groups in total. The summed E-state index contributed by atoms with van der Waals surface area (Å²) in [7, 11) is 0. The van der Waals surface area contributed by atoms with Gasteiger partial charge in [-0.05, 0) is 13.8 Å². The van der Waals surface area contributed by atoms with Gasteiger partial charge >= 0.3 is 0 Å². The summed E-state index contributed by atoms with van der Waals surface area (Å²) in [6.07, 6.45) is 0. The molecule has 0 saturated carbocycles. The monoisotopic (exact) mass is 225 g/mol. The molecule has 1 aromatic heterocycles. The molecule has 0 aromatic carbocycles. The van der Waals surface area contributed by atoms with Crippen molar-refractivity contribution in [1.29, 1.82) is 0 Å². The summed E-state index contributed by atoms with van der Waals surface area (Å²) in [6.45, 7) is 5.72. The third-order valence-corrected chi connectivity index (χ3v) is 3.08. The minimum absolute atomic E-state index is 0.0523. The minimum atomic E-state index is 0.0523. The molecule has 1 aliphatic rings. The van der Waals surface area contributed by atoms with E-state index >= 15 is 0 Å². The van der Waals surface area contributed by atoms with Crippen LogP contribution < -0.4 is 5.32 Å². The van der Waals surface area contributed by atoms with E-state index in [0.717, 1.165) is 13.1 Å². The quantitative estimate of drug-likeness (QED) is 0.774. The van der Waals surface area contributed by atoms with E-state index in [-0.39, 0.29) is 5.91 Å².